The Hall–Kier alpha value is -1.32. The number of hydrogen-bond donors (Lipinski definition) is 4. The van der Waals surface area contributed by atoms with Crippen molar-refractivity contribution < 1.29 is 23.9 Å². The van der Waals surface area contributed by atoms with Crippen molar-refractivity contribution >= 4 is 30.9 Å². The first-order valence-corrected chi connectivity index (χ1v) is 8.98. The Bertz CT molecular complexity index is 415. The molecule has 0 aromatic rings. The highest BCUT2D eigenvalue weighted by atomic mass is 32.1. The number of amides is 2. The molecule has 0 radical (unpaired) electrons. The van der Waals surface area contributed by atoms with E-state index in [4.69, 9.17) is 4.74 Å². The van der Waals surface area contributed by atoms with Gasteiger partial charge in [-0.25, -0.2) is 0 Å². The predicted molar refractivity (Wildman–Crippen MR) is 98.6 cm³/mol. The Morgan fingerprint density at radius 1 is 1.16 bits per heavy atom. The van der Waals surface area contributed by atoms with Crippen LogP contribution >= 0.6 is 12.6 Å². The van der Waals surface area contributed by atoms with Gasteiger partial charge >= 0.3 is 0 Å². The van der Waals surface area contributed by atoms with Gasteiger partial charge in [-0.1, -0.05) is 0 Å². The number of carbonyl (C=O) groups excluding carboxylic acids is 3. The number of hydrogen-bond acceptors (Lipinski definition) is 7. The second-order valence-corrected chi connectivity index (χ2v) is 6.80. The minimum Gasteiger partial charge on any atom is -0.468 e. The van der Waals surface area contributed by atoms with Gasteiger partial charge in [0.2, 0.25) is 11.8 Å². The zero-order valence-electron chi connectivity index (χ0n) is 15.5. The van der Waals surface area contributed by atoms with Gasteiger partial charge in [-0.15, -0.1) is 0 Å². The lowest BCUT2D eigenvalue weighted by molar-refractivity contribution is -0.132. The van der Waals surface area contributed by atoms with Crippen LogP contribution in [0.1, 0.15) is 34.1 Å². The van der Waals surface area contributed by atoms with Crippen molar-refractivity contribution in [1.82, 2.24) is 16.0 Å². The first kappa shape index (κ1) is 23.7. The molecule has 0 aromatic heterocycles. The average Bonchev–Trinajstić information content (AvgIpc) is 2.54. The maximum Gasteiger partial charge on any atom is 0.293 e. The molecular formula is C16H31N3O5S. The van der Waals surface area contributed by atoms with Crippen LogP contribution in [-0.4, -0.2) is 68.0 Å². The van der Waals surface area contributed by atoms with E-state index in [0.29, 0.717) is 26.2 Å². The van der Waals surface area contributed by atoms with Gasteiger partial charge in [-0.2, -0.15) is 12.6 Å². The van der Waals surface area contributed by atoms with Crippen LogP contribution in [0.4, 0.5) is 0 Å². The van der Waals surface area contributed by atoms with Crippen LogP contribution in [0.25, 0.3) is 0 Å². The summed E-state index contributed by atoms with van der Waals surface area (Å²) in [4.78, 5) is 35.0. The molecule has 9 heteroatoms. The monoisotopic (exact) mass is 377 g/mol. The summed E-state index contributed by atoms with van der Waals surface area (Å²) < 4.78 is 9.80. The van der Waals surface area contributed by atoms with Gasteiger partial charge in [0.1, 0.15) is 6.04 Å². The third kappa shape index (κ3) is 11.8. The molecule has 0 aromatic carbocycles. The van der Waals surface area contributed by atoms with E-state index in [-0.39, 0.29) is 36.1 Å². The topological polar surface area (TPSA) is 106 Å². The second-order valence-electron chi connectivity index (χ2n) is 6.43. The summed E-state index contributed by atoms with van der Waals surface area (Å²) >= 11 is 4.20. The van der Waals surface area contributed by atoms with Crippen molar-refractivity contribution in [1.29, 1.82) is 0 Å². The Morgan fingerprint density at radius 3 is 2.36 bits per heavy atom. The van der Waals surface area contributed by atoms with Crippen molar-refractivity contribution in [2.75, 3.05) is 32.1 Å². The molecule has 0 aliphatic carbocycles. The molecular weight excluding hydrogens is 346 g/mol. The fourth-order valence-corrected chi connectivity index (χ4v) is 2.26. The highest BCUT2D eigenvalue weighted by molar-refractivity contribution is 7.80. The molecule has 25 heavy (non-hydrogen) atoms. The van der Waals surface area contributed by atoms with Gasteiger partial charge in [-0.05, 0) is 27.7 Å². The molecule has 0 saturated carbocycles. The number of nitrogens with one attached hydrogen (secondary N) is 3. The largest absolute Gasteiger partial charge is 0.468 e. The van der Waals surface area contributed by atoms with Crippen LogP contribution in [0.5, 0.6) is 0 Å². The predicted octanol–water partition coefficient (Wildman–Crippen LogP) is -0.126. The summed E-state index contributed by atoms with van der Waals surface area (Å²) in [7, 11) is 0. The van der Waals surface area contributed by atoms with Gasteiger partial charge < -0.3 is 25.4 Å². The molecule has 0 spiro atoms. The maximum absolute atomic E-state index is 12.4. The molecule has 0 bridgehead atoms. The average molecular weight is 378 g/mol. The smallest absolute Gasteiger partial charge is 0.293 e. The zero-order valence-corrected chi connectivity index (χ0v) is 16.4. The highest BCUT2D eigenvalue weighted by Gasteiger charge is 2.27. The molecule has 146 valence electrons. The summed E-state index contributed by atoms with van der Waals surface area (Å²) in [6.07, 6.45) is 0.180. The molecule has 0 saturated heterocycles. The highest BCUT2D eigenvalue weighted by Crippen LogP contribution is 2.04. The van der Waals surface area contributed by atoms with Crippen LogP contribution in [0, 0.1) is 0 Å². The van der Waals surface area contributed by atoms with E-state index in [1.165, 1.54) is 0 Å². The number of ether oxygens (including phenoxy) is 2. The lowest BCUT2D eigenvalue weighted by Crippen LogP contribution is -2.57. The first-order chi connectivity index (χ1) is 11.7. The summed E-state index contributed by atoms with van der Waals surface area (Å²) in [6, 6.07) is -1.35. The van der Waals surface area contributed by atoms with Gasteiger partial charge in [0.15, 0.2) is 0 Å². The molecule has 0 rings (SSSR count). The Morgan fingerprint density at radius 2 is 1.84 bits per heavy atom. The van der Waals surface area contributed by atoms with Crippen molar-refractivity contribution in [2.24, 2.45) is 0 Å². The van der Waals surface area contributed by atoms with Gasteiger partial charge in [-0.3, -0.25) is 14.4 Å². The maximum atomic E-state index is 12.4. The third-order valence-electron chi connectivity index (χ3n) is 3.08. The first-order valence-electron chi connectivity index (χ1n) is 8.34. The van der Waals surface area contributed by atoms with E-state index in [1.54, 1.807) is 0 Å². The lowest BCUT2D eigenvalue weighted by Gasteiger charge is -2.28. The summed E-state index contributed by atoms with van der Waals surface area (Å²) in [5.41, 5.74) is -0.277. The molecule has 2 unspecified atom stereocenters. The fraction of sp³-hybridized carbons (Fsp3) is 0.812. The molecule has 3 N–H and O–H groups in total. The van der Waals surface area contributed by atoms with E-state index < -0.39 is 12.1 Å². The summed E-state index contributed by atoms with van der Waals surface area (Å²) in [5, 5.41) is 8.53. The fourth-order valence-electron chi connectivity index (χ4n) is 2.01. The molecule has 0 aliphatic rings. The van der Waals surface area contributed by atoms with Gasteiger partial charge in [0, 0.05) is 30.9 Å². The molecule has 2 amide bonds. The Labute approximate surface area is 155 Å². The normalized spacial score (nSPS) is 13.6. The molecule has 0 aliphatic heterocycles. The van der Waals surface area contributed by atoms with Crippen molar-refractivity contribution in [3.63, 3.8) is 0 Å². The van der Waals surface area contributed by atoms with Crippen molar-refractivity contribution in [2.45, 2.75) is 51.7 Å². The number of rotatable bonds is 13. The standard InChI is InChI=1S/C16H31N3O5S/c1-5-23-9-7-17-14(21)12(6-8-24-11-20)18-15(22)13(10-25)19-16(2,3)4/h11-13,19,25H,5-10H2,1-4H3,(H,17,21)(H,18,22). The van der Waals surface area contributed by atoms with Gasteiger partial charge in [0.25, 0.3) is 6.47 Å². The van der Waals surface area contributed by atoms with Gasteiger partial charge in [0.05, 0.1) is 19.3 Å². The third-order valence-corrected chi connectivity index (χ3v) is 3.45. The van der Waals surface area contributed by atoms with Crippen LogP contribution < -0.4 is 16.0 Å². The van der Waals surface area contributed by atoms with E-state index in [0.717, 1.165) is 0 Å². The Kier molecular flexibility index (Phi) is 12.3. The van der Waals surface area contributed by atoms with Crippen LogP contribution in [0.2, 0.25) is 0 Å². The molecule has 0 heterocycles. The zero-order chi connectivity index (χ0) is 19.3. The summed E-state index contributed by atoms with van der Waals surface area (Å²) in [5.74, 6) is -0.399. The molecule has 2 atom stereocenters. The van der Waals surface area contributed by atoms with E-state index in [2.05, 4.69) is 33.3 Å². The SMILES string of the molecule is CCOCCNC(=O)C(CCOC=O)NC(=O)C(CS)NC(C)(C)C. The minimum absolute atomic E-state index is 0.0333. The van der Waals surface area contributed by atoms with E-state index in [1.807, 2.05) is 27.7 Å². The van der Waals surface area contributed by atoms with Crippen LogP contribution in [0.3, 0.4) is 0 Å². The van der Waals surface area contributed by atoms with E-state index in [9.17, 15) is 14.4 Å². The van der Waals surface area contributed by atoms with Crippen molar-refractivity contribution in [3.8, 4) is 0 Å². The number of carbonyl (C=O) groups is 3. The molecule has 8 nitrogen and oxygen atoms in total. The number of thiol groups is 1. The van der Waals surface area contributed by atoms with Crippen LogP contribution in [-0.2, 0) is 23.9 Å². The minimum atomic E-state index is -0.807. The van der Waals surface area contributed by atoms with Crippen molar-refractivity contribution in [3.05, 3.63) is 0 Å². The Balaban J connectivity index is 4.74. The quantitative estimate of drug-likeness (QED) is 0.202. The second kappa shape index (κ2) is 13.0. The molecule has 0 fully saturated rings. The van der Waals surface area contributed by atoms with E-state index >= 15 is 0 Å². The van der Waals surface area contributed by atoms with Crippen LogP contribution in [0.15, 0.2) is 0 Å². The summed E-state index contributed by atoms with van der Waals surface area (Å²) in [6.45, 7) is 9.30. The lowest BCUT2D eigenvalue weighted by atomic mass is 10.1.